The highest BCUT2D eigenvalue weighted by Gasteiger charge is 2.22. The Balaban J connectivity index is 2.61. The molecule has 1 atom stereocenters. The molecule has 0 bridgehead atoms. The van der Waals surface area contributed by atoms with E-state index in [9.17, 15) is 8.42 Å². The summed E-state index contributed by atoms with van der Waals surface area (Å²) in [6.45, 7) is 7.79. The first kappa shape index (κ1) is 14.3. The van der Waals surface area contributed by atoms with Gasteiger partial charge in [0, 0.05) is 12.6 Å². The summed E-state index contributed by atoms with van der Waals surface area (Å²) < 4.78 is 26.3. The van der Waals surface area contributed by atoms with Crippen LogP contribution in [0.1, 0.15) is 25.8 Å². The standard InChI is InChI=1S/C9H18N4O2S2/c1-6(2)10-5-7(3)17(14,15)13-9-12-11-8(4)16-9/h6-7,10H,5H2,1-4H3,(H,12,13). The molecule has 0 saturated heterocycles. The van der Waals surface area contributed by atoms with E-state index in [1.165, 1.54) is 11.3 Å². The highest BCUT2D eigenvalue weighted by molar-refractivity contribution is 7.93. The number of sulfonamides is 1. The molecule has 6 nitrogen and oxygen atoms in total. The van der Waals surface area contributed by atoms with Gasteiger partial charge in [-0.1, -0.05) is 25.2 Å². The van der Waals surface area contributed by atoms with Gasteiger partial charge in [0.15, 0.2) is 0 Å². The fourth-order valence-corrected chi connectivity index (χ4v) is 2.83. The summed E-state index contributed by atoms with van der Waals surface area (Å²) in [6.07, 6.45) is 0. The summed E-state index contributed by atoms with van der Waals surface area (Å²) in [5, 5.41) is 11.1. The van der Waals surface area contributed by atoms with Crippen LogP contribution in [-0.4, -0.2) is 36.5 Å². The predicted octanol–water partition coefficient (Wildman–Crippen LogP) is 0.975. The molecule has 0 aliphatic heterocycles. The third kappa shape index (κ3) is 4.57. The van der Waals surface area contributed by atoms with Gasteiger partial charge in [0.25, 0.3) is 0 Å². The maximum atomic E-state index is 11.9. The summed E-state index contributed by atoms with van der Waals surface area (Å²) >= 11 is 1.22. The molecular formula is C9H18N4O2S2. The molecule has 0 spiro atoms. The largest absolute Gasteiger partial charge is 0.313 e. The Morgan fingerprint density at radius 1 is 1.29 bits per heavy atom. The Hall–Kier alpha value is -0.730. The van der Waals surface area contributed by atoms with Gasteiger partial charge in [-0.05, 0) is 13.8 Å². The van der Waals surface area contributed by atoms with Crippen LogP contribution in [0.15, 0.2) is 0 Å². The van der Waals surface area contributed by atoms with Crippen molar-refractivity contribution in [2.24, 2.45) is 0 Å². The lowest BCUT2D eigenvalue weighted by atomic mass is 10.3. The first-order chi connectivity index (χ1) is 7.81. The van der Waals surface area contributed by atoms with Gasteiger partial charge in [0.2, 0.25) is 15.2 Å². The number of rotatable bonds is 6. The number of aryl methyl sites for hydroxylation is 1. The van der Waals surface area contributed by atoms with Gasteiger partial charge in [-0.2, -0.15) is 0 Å². The Morgan fingerprint density at radius 2 is 1.94 bits per heavy atom. The molecular weight excluding hydrogens is 260 g/mol. The molecule has 0 aliphatic carbocycles. The van der Waals surface area contributed by atoms with E-state index >= 15 is 0 Å². The van der Waals surface area contributed by atoms with Crippen LogP contribution in [0, 0.1) is 6.92 Å². The van der Waals surface area contributed by atoms with Crippen molar-refractivity contribution >= 4 is 26.5 Å². The van der Waals surface area contributed by atoms with Crippen LogP contribution in [0.2, 0.25) is 0 Å². The van der Waals surface area contributed by atoms with Gasteiger partial charge in [0.05, 0.1) is 5.25 Å². The van der Waals surface area contributed by atoms with E-state index in [1.54, 1.807) is 13.8 Å². The van der Waals surface area contributed by atoms with Crippen molar-refractivity contribution in [3.05, 3.63) is 5.01 Å². The van der Waals surface area contributed by atoms with Gasteiger partial charge in [-0.15, -0.1) is 10.2 Å². The van der Waals surface area contributed by atoms with Crippen molar-refractivity contribution in [3.63, 3.8) is 0 Å². The summed E-state index contributed by atoms with van der Waals surface area (Å²) in [7, 11) is -3.40. The second kappa shape index (κ2) is 5.74. The van der Waals surface area contributed by atoms with Crippen molar-refractivity contribution in [3.8, 4) is 0 Å². The minimum Gasteiger partial charge on any atom is -0.313 e. The molecule has 0 saturated carbocycles. The number of hydrogen-bond acceptors (Lipinski definition) is 6. The van der Waals surface area contributed by atoms with E-state index < -0.39 is 15.3 Å². The molecule has 1 aromatic heterocycles. The molecule has 1 heterocycles. The Labute approximate surface area is 106 Å². The molecule has 2 N–H and O–H groups in total. The molecule has 1 rings (SSSR count). The van der Waals surface area contributed by atoms with E-state index in [0.29, 0.717) is 11.7 Å². The maximum Gasteiger partial charge on any atom is 0.238 e. The second-order valence-electron chi connectivity index (χ2n) is 4.15. The Kier molecular flexibility index (Phi) is 4.84. The van der Waals surface area contributed by atoms with Gasteiger partial charge in [0.1, 0.15) is 5.01 Å². The molecule has 98 valence electrons. The quantitative estimate of drug-likeness (QED) is 0.810. The van der Waals surface area contributed by atoms with Crippen molar-refractivity contribution < 1.29 is 8.42 Å². The molecule has 1 aromatic rings. The molecule has 0 aromatic carbocycles. The smallest absolute Gasteiger partial charge is 0.238 e. The van der Waals surface area contributed by atoms with E-state index in [0.717, 1.165) is 5.01 Å². The SMILES string of the molecule is Cc1nnc(NS(=O)(=O)C(C)CNC(C)C)s1. The molecule has 17 heavy (non-hydrogen) atoms. The van der Waals surface area contributed by atoms with Gasteiger partial charge in [-0.3, -0.25) is 4.72 Å². The van der Waals surface area contributed by atoms with Crippen molar-refractivity contribution in [2.75, 3.05) is 11.3 Å². The zero-order chi connectivity index (χ0) is 13.1. The third-order valence-corrected chi connectivity index (χ3v) is 4.69. The average molecular weight is 278 g/mol. The lowest BCUT2D eigenvalue weighted by Gasteiger charge is -2.15. The number of nitrogens with zero attached hydrogens (tertiary/aromatic N) is 2. The summed E-state index contributed by atoms with van der Waals surface area (Å²) in [5.41, 5.74) is 0. The molecule has 0 aliphatic rings. The maximum absolute atomic E-state index is 11.9. The zero-order valence-electron chi connectivity index (χ0n) is 10.4. The van der Waals surface area contributed by atoms with Crippen LogP contribution in [0.3, 0.4) is 0 Å². The van der Waals surface area contributed by atoms with E-state index in [-0.39, 0.29) is 6.04 Å². The van der Waals surface area contributed by atoms with E-state index in [1.807, 2.05) is 13.8 Å². The Morgan fingerprint density at radius 3 is 2.41 bits per heavy atom. The van der Waals surface area contributed by atoms with Crippen molar-refractivity contribution in [2.45, 2.75) is 39.0 Å². The number of hydrogen-bond donors (Lipinski definition) is 2. The Bertz CT molecular complexity index is 455. The van der Waals surface area contributed by atoms with Gasteiger partial charge >= 0.3 is 0 Å². The molecule has 0 amide bonds. The highest BCUT2D eigenvalue weighted by Crippen LogP contribution is 2.16. The lowest BCUT2D eigenvalue weighted by Crippen LogP contribution is -2.37. The first-order valence-electron chi connectivity index (χ1n) is 5.36. The average Bonchev–Trinajstić information content (AvgIpc) is 2.59. The predicted molar refractivity (Wildman–Crippen MR) is 69.8 cm³/mol. The fraction of sp³-hybridized carbons (Fsp3) is 0.778. The van der Waals surface area contributed by atoms with Crippen LogP contribution in [0.4, 0.5) is 5.13 Å². The normalized spacial score (nSPS) is 13.9. The summed E-state index contributed by atoms with van der Waals surface area (Å²) in [4.78, 5) is 0. The number of aromatic nitrogens is 2. The molecule has 8 heteroatoms. The monoisotopic (exact) mass is 278 g/mol. The van der Waals surface area contributed by atoms with Crippen LogP contribution in [0.25, 0.3) is 0 Å². The minimum absolute atomic E-state index is 0.261. The molecule has 0 fully saturated rings. The molecule has 0 radical (unpaired) electrons. The fourth-order valence-electron chi connectivity index (χ4n) is 1.07. The second-order valence-corrected chi connectivity index (χ2v) is 7.43. The topological polar surface area (TPSA) is 84.0 Å². The van der Waals surface area contributed by atoms with Crippen LogP contribution >= 0.6 is 11.3 Å². The van der Waals surface area contributed by atoms with Crippen molar-refractivity contribution in [1.82, 2.24) is 15.5 Å². The van der Waals surface area contributed by atoms with Crippen LogP contribution in [0.5, 0.6) is 0 Å². The van der Waals surface area contributed by atoms with E-state index in [2.05, 4.69) is 20.2 Å². The van der Waals surface area contributed by atoms with Crippen molar-refractivity contribution in [1.29, 1.82) is 0 Å². The summed E-state index contributed by atoms with van der Waals surface area (Å²) in [6, 6.07) is 0.261. The third-order valence-electron chi connectivity index (χ3n) is 2.10. The summed E-state index contributed by atoms with van der Waals surface area (Å²) in [5.74, 6) is 0. The van der Waals surface area contributed by atoms with Crippen LogP contribution in [-0.2, 0) is 10.0 Å². The molecule has 1 unspecified atom stereocenters. The van der Waals surface area contributed by atoms with Crippen LogP contribution < -0.4 is 10.0 Å². The van der Waals surface area contributed by atoms with Gasteiger partial charge < -0.3 is 5.32 Å². The minimum atomic E-state index is -3.40. The lowest BCUT2D eigenvalue weighted by molar-refractivity contribution is 0.553. The zero-order valence-corrected chi connectivity index (χ0v) is 12.0. The van der Waals surface area contributed by atoms with Gasteiger partial charge in [-0.25, -0.2) is 8.42 Å². The highest BCUT2D eigenvalue weighted by atomic mass is 32.2. The number of anilines is 1. The van der Waals surface area contributed by atoms with E-state index in [4.69, 9.17) is 0 Å². The first-order valence-corrected chi connectivity index (χ1v) is 7.72. The number of nitrogens with one attached hydrogen (secondary N) is 2.